The Morgan fingerprint density at radius 1 is 1.38 bits per heavy atom. The summed E-state index contributed by atoms with van der Waals surface area (Å²) in [6, 6.07) is 5.78. The lowest BCUT2D eigenvalue weighted by molar-refractivity contribution is -0.114. The van der Waals surface area contributed by atoms with Crippen LogP contribution in [0, 0.1) is 0 Å². The molecule has 0 fully saturated rings. The maximum absolute atomic E-state index is 11.5. The van der Waals surface area contributed by atoms with E-state index < -0.39 is 11.7 Å². The number of Topliss-reactive ketones (excluding diaryl/α,β-unsaturated/α-hetero) is 1. The highest BCUT2D eigenvalue weighted by molar-refractivity contribution is 6.44. The van der Waals surface area contributed by atoms with Gasteiger partial charge in [0.15, 0.2) is 0 Å². The second-order valence-corrected chi connectivity index (χ2v) is 3.63. The van der Waals surface area contributed by atoms with Crippen LogP contribution in [0.3, 0.4) is 0 Å². The molecule has 0 unspecified atom stereocenters. The van der Waals surface area contributed by atoms with Crippen LogP contribution in [0.4, 0.5) is 0 Å². The van der Waals surface area contributed by atoms with Crippen LogP contribution in [-0.4, -0.2) is 16.7 Å². The highest BCUT2D eigenvalue weighted by Crippen LogP contribution is 2.20. The van der Waals surface area contributed by atoms with Gasteiger partial charge in [0.2, 0.25) is 0 Å². The number of nitrogens with two attached hydrogens (primary N) is 1. The molecule has 0 saturated carbocycles. The molecule has 0 aliphatic heterocycles. The van der Waals surface area contributed by atoms with Crippen molar-refractivity contribution in [2.75, 3.05) is 0 Å². The Balaban J connectivity index is 2.62. The molecule has 0 aliphatic carbocycles. The first-order chi connectivity index (χ1) is 7.63. The van der Waals surface area contributed by atoms with Crippen molar-refractivity contribution in [3.8, 4) is 0 Å². The first kappa shape index (κ1) is 10.4. The van der Waals surface area contributed by atoms with Crippen LogP contribution in [0.25, 0.3) is 10.9 Å². The van der Waals surface area contributed by atoms with Gasteiger partial charge in [0.25, 0.3) is 11.7 Å². The smallest absolute Gasteiger partial charge is 0.289 e. The molecule has 4 nitrogen and oxygen atoms in total. The molecule has 0 spiro atoms. The molecule has 0 radical (unpaired) electrons. The predicted octanol–water partition coefficient (Wildman–Crippen LogP) is 1.40. The van der Waals surface area contributed by atoms with Crippen LogP contribution in [-0.2, 0) is 11.2 Å². The maximum Gasteiger partial charge on any atom is 0.289 e. The first-order valence-electron chi connectivity index (χ1n) is 5.07. The molecule has 0 aliphatic rings. The Kier molecular flexibility index (Phi) is 2.48. The number of rotatable bonds is 3. The van der Waals surface area contributed by atoms with E-state index in [1.54, 1.807) is 0 Å². The number of carbonyl (C=O) groups excluding carboxylic acids is 2. The van der Waals surface area contributed by atoms with E-state index in [2.05, 4.69) is 4.98 Å². The first-order valence-corrected chi connectivity index (χ1v) is 5.07. The Bertz CT molecular complexity index is 569. The number of ketones is 1. The lowest BCUT2D eigenvalue weighted by Gasteiger charge is -1.98. The third kappa shape index (κ3) is 1.58. The Hall–Kier alpha value is -2.10. The van der Waals surface area contributed by atoms with Gasteiger partial charge in [-0.2, -0.15) is 0 Å². The summed E-state index contributed by atoms with van der Waals surface area (Å²) in [4.78, 5) is 25.3. The number of aryl methyl sites for hydroxylation is 1. The van der Waals surface area contributed by atoms with Gasteiger partial charge in [0.05, 0.1) is 5.56 Å². The lowest BCUT2D eigenvalue weighted by atomic mass is 10.1. The summed E-state index contributed by atoms with van der Waals surface area (Å²) < 4.78 is 0. The lowest BCUT2D eigenvalue weighted by Crippen LogP contribution is -2.22. The fourth-order valence-corrected chi connectivity index (χ4v) is 1.71. The van der Waals surface area contributed by atoms with E-state index in [1.165, 1.54) is 6.20 Å². The average Bonchev–Trinajstić information content (AvgIpc) is 2.70. The summed E-state index contributed by atoms with van der Waals surface area (Å²) in [5.41, 5.74) is 7.28. The van der Waals surface area contributed by atoms with Gasteiger partial charge in [-0.05, 0) is 24.1 Å². The van der Waals surface area contributed by atoms with E-state index >= 15 is 0 Å². The van der Waals surface area contributed by atoms with Crippen LogP contribution in [0.2, 0.25) is 0 Å². The minimum atomic E-state index is -0.928. The summed E-state index contributed by atoms with van der Waals surface area (Å²) in [5.74, 6) is -1.58. The summed E-state index contributed by atoms with van der Waals surface area (Å²) in [7, 11) is 0. The zero-order chi connectivity index (χ0) is 11.7. The molecule has 2 rings (SSSR count). The molecule has 4 heteroatoms. The minimum Gasteiger partial charge on any atom is -0.363 e. The number of aromatic nitrogens is 1. The molecule has 2 aromatic rings. The van der Waals surface area contributed by atoms with Gasteiger partial charge in [-0.3, -0.25) is 9.59 Å². The van der Waals surface area contributed by atoms with Crippen molar-refractivity contribution < 1.29 is 9.59 Å². The second kappa shape index (κ2) is 3.81. The van der Waals surface area contributed by atoms with Gasteiger partial charge in [-0.15, -0.1) is 0 Å². The highest BCUT2D eigenvalue weighted by Gasteiger charge is 2.16. The van der Waals surface area contributed by atoms with E-state index in [9.17, 15) is 9.59 Å². The van der Waals surface area contributed by atoms with Crippen molar-refractivity contribution in [2.45, 2.75) is 13.3 Å². The number of hydrogen-bond acceptors (Lipinski definition) is 2. The third-order valence-electron chi connectivity index (χ3n) is 2.62. The summed E-state index contributed by atoms with van der Waals surface area (Å²) >= 11 is 0. The fraction of sp³-hybridized carbons (Fsp3) is 0.167. The molecule has 1 aromatic carbocycles. The van der Waals surface area contributed by atoms with Crippen molar-refractivity contribution in [3.05, 3.63) is 35.5 Å². The number of benzene rings is 1. The highest BCUT2D eigenvalue weighted by atomic mass is 16.2. The van der Waals surface area contributed by atoms with Crippen LogP contribution < -0.4 is 5.73 Å². The van der Waals surface area contributed by atoms with Crippen molar-refractivity contribution in [3.63, 3.8) is 0 Å². The molecular formula is C12H12N2O2. The van der Waals surface area contributed by atoms with Crippen LogP contribution in [0.5, 0.6) is 0 Å². The molecule has 3 N–H and O–H groups in total. The summed E-state index contributed by atoms with van der Waals surface area (Å²) in [5, 5.41) is 0.753. The number of hydrogen-bond donors (Lipinski definition) is 2. The van der Waals surface area contributed by atoms with Crippen molar-refractivity contribution in [1.82, 2.24) is 4.98 Å². The number of H-pyrrole nitrogens is 1. The molecule has 1 heterocycles. The molecule has 0 saturated heterocycles. The number of fused-ring (bicyclic) bond motifs is 1. The second-order valence-electron chi connectivity index (χ2n) is 3.63. The number of nitrogens with one attached hydrogen (secondary N) is 1. The minimum absolute atomic E-state index is 0.345. The van der Waals surface area contributed by atoms with E-state index in [4.69, 9.17) is 5.73 Å². The zero-order valence-electron chi connectivity index (χ0n) is 8.91. The van der Waals surface area contributed by atoms with Gasteiger partial charge >= 0.3 is 0 Å². The van der Waals surface area contributed by atoms with Crippen molar-refractivity contribution in [1.29, 1.82) is 0 Å². The quantitative estimate of drug-likeness (QED) is 0.601. The van der Waals surface area contributed by atoms with Gasteiger partial charge < -0.3 is 10.7 Å². The summed E-state index contributed by atoms with van der Waals surface area (Å²) in [6.07, 6.45) is 2.41. The number of aromatic amines is 1. The van der Waals surface area contributed by atoms with Gasteiger partial charge in [-0.25, -0.2) is 0 Å². The van der Waals surface area contributed by atoms with E-state index in [0.717, 1.165) is 22.9 Å². The SMILES string of the molecule is CCc1ccc2[nH]cc(C(=O)C(N)=O)c2c1. The van der Waals surface area contributed by atoms with E-state index in [0.29, 0.717) is 5.56 Å². The molecular weight excluding hydrogens is 204 g/mol. The van der Waals surface area contributed by atoms with Crippen molar-refractivity contribution >= 4 is 22.6 Å². The normalized spacial score (nSPS) is 10.6. The topological polar surface area (TPSA) is 75.9 Å². The Morgan fingerprint density at radius 2 is 2.12 bits per heavy atom. The maximum atomic E-state index is 11.5. The molecule has 1 aromatic heterocycles. The van der Waals surface area contributed by atoms with Crippen LogP contribution >= 0.6 is 0 Å². The molecule has 0 bridgehead atoms. The molecule has 1 amide bonds. The number of carbonyl (C=O) groups is 2. The third-order valence-corrected chi connectivity index (χ3v) is 2.62. The van der Waals surface area contributed by atoms with Crippen LogP contribution in [0.1, 0.15) is 22.8 Å². The van der Waals surface area contributed by atoms with E-state index in [-0.39, 0.29) is 0 Å². The number of primary amides is 1. The Morgan fingerprint density at radius 3 is 2.75 bits per heavy atom. The number of amides is 1. The monoisotopic (exact) mass is 216 g/mol. The van der Waals surface area contributed by atoms with Crippen molar-refractivity contribution in [2.24, 2.45) is 5.73 Å². The average molecular weight is 216 g/mol. The van der Waals surface area contributed by atoms with Crippen LogP contribution in [0.15, 0.2) is 24.4 Å². The standard InChI is InChI=1S/C12H12N2O2/c1-2-7-3-4-10-8(5-7)9(6-14-10)11(15)12(13)16/h3-6,14H,2H2,1H3,(H2,13,16). The fourth-order valence-electron chi connectivity index (χ4n) is 1.71. The van der Waals surface area contributed by atoms with Gasteiger partial charge in [0, 0.05) is 17.1 Å². The predicted molar refractivity (Wildman–Crippen MR) is 61.2 cm³/mol. The van der Waals surface area contributed by atoms with Gasteiger partial charge in [0.1, 0.15) is 0 Å². The largest absolute Gasteiger partial charge is 0.363 e. The van der Waals surface area contributed by atoms with E-state index in [1.807, 2.05) is 25.1 Å². The zero-order valence-corrected chi connectivity index (χ0v) is 8.91. The molecule has 0 atom stereocenters. The molecule has 82 valence electrons. The summed E-state index contributed by atoms with van der Waals surface area (Å²) in [6.45, 7) is 2.03. The van der Waals surface area contributed by atoms with Gasteiger partial charge in [-0.1, -0.05) is 13.0 Å². The Labute approximate surface area is 92.4 Å². The molecule has 16 heavy (non-hydrogen) atoms.